The minimum atomic E-state index is -0.362. The second-order valence-electron chi connectivity index (χ2n) is 7.10. The first-order valence-electron chi connectivity index (χ1n) is 8.73. The van der Waals surface area contributed by atoms with Crippen molar-refractivity contribution in [3.05, 3.63) is 33.2 Å². The van der Waals surface area contributed by atoms with Gasteiger partial charge in [-0.1, -0.05) is 29.8 Å². The molecule has 1 aromatic heterocycles. The number of carbonyl (C=O) groups excluding carboxylic acids is 1. The first kappa shape index (κ1) is 18.2. The Labute approximate surface area is 155 Å². The van der Waals surface area contributed by atoms with Crippen LogP contribution in [0.5, 0.6) is 0 Å². The Balaban J connectivity index is 1.70. The number of likely N-dealkylation sites (tertiary alicyclic amines) is 1. The molecule has 136 valence electrons. The van der Waals surface area contributed by atoms with Crippen molar-refractivity contribution < 1.29 is 9.21 Å². The molecule has 1 aliphatic rings. The van der Waals surface area contributed by atoms with Gasteiger partial charge < -0.3 is 9.73 Å². The number of benzene rings is 1. The van der Waals surface area contributed by atoms with Crippen LogP contribution >= 0.6 is 15.9 Å². The molecule has 2 heterocycles. The van der Waals surface area contributed by atoms with Gasteiger partial charge >= 0.3 is 5.76 Å². The molecule has 0 aliphatic carbocycles. The summed E-state index contributed by atoms with van der Waals surface area (Å²) in [6.45, 7) is 6.87. The van der Waals surface area contributed by atoms with E-state index >= 15 is 0 Å². The fourth-order valence-electron chi connectivity index (χ4n) is 3.22. The molecule has 1 aromatic carbocycles. The maximum Gasteiger partial charge on any atom is 0.421 e. The molecule has 1 saturated heterocycles. The van der Waals surface area contributed by atoms with Crippen LogP contribution in [0.25, 0.3) is 11.1 Å². The van der Waals surface area contributed by atoms with Crippen molar-refractivity contribution in [2.75, 3.05) is 19.6 Å². The van der Waals surface area contributed by atoms with Gasteiger partial charge in [-0.25, -0.2) is 4.79 Å². The molecular weight excluding hydrogens is 386 g/mol. The summed E-state index contributed by atoms with van der Waals surface area (Å²) in [6, 6.07) is 5.57. The lowest BCUT2D eigenvalue weighted by Crippen LogP contribution is -2.44. The monoisotopic (exact) mass is 409 g/mol. The molecule has 1 atom stereocenters. The number of fused-ring (bicyclic) bond motifs is 1. The van der Waals surface area contributed by atoms with E-state index in [1.54, 1.807) is 10.6 Å². The Morgan fingerprint density at radius 2 is 2.24 bits per heavy atom. The van der Waals surface area contributed by atoms with Crippen LogP contribution in [0.2, 0.25) is 0 Å². The summed E-state index contributed by atoms with van der Waals surface area (Å²) >= 11 is 3.39. The average molecular weight is 410 g/mol. The molecule has 3 rings (SSSR count). The van der Waals surface area contributed by atoms with Crippen LogP contribution in [0.3, 0.4) is 0 Å². The quantitative estimate of drug-likeness (QED) is 0.823. The molecule has 0 bridgehead atoms. The van der Waals surface area contributed by atoms with Crippen molar-refractivity contribution in [3.63, 3.8) is 0 Å². The molecule has 2 aromatic rings. The largest absolute Gasteiger partial charge is 0.421 e. The number of oxazole rings is 1. The van der Waals surface area contributed by atoms with E-state index in [-0.39, 0.29) is 17.6 Å². The minimum Gasteiger partial charge on any atom is -0.408 e. The summed E-state index contributed by atoms with van der Waals surface area (Å²) in [5.74, 6) is 0.181. The van der Waals surface area contributed by atoms with Gasteiger partial charge in [-0.05, 0) is 43.5 Å². The van der Waals surface area contributed by atoms with Crippen molar-refractivity contribution in [1.29, 1.82) is 0 Å². The van der Waals surface area contributed by atoms with E-state index in [2.05, 4.69) is 40.0 Å². The van der Waals surface area contributed by atoms with Crippen LogP contribution < -0.4 is 11.1 Å². The van der Waals surface area contributed by atoms with Crippen LogP contribution in [-0.2, 0) is 11.5 Å². The zero-order valence-electron chi connectivity index (χ0n) is 14.6. The summed E-state index contributed by atoms with van der Waals surface area (Å²) in [6.07, 6.45) is 1.85. The van der Waals surface area contributed by atoms with E-state index in [1.165, 1.54) is 0 Å². The second-order valence-corrected chi connectivity index (χ2v) is 8.02. The van der Waals surface area contributed by atoms with Crippen molar-refractivity contribution in [1.82, 2.24) is 14.8 Å². The smallest absolute Gasteiger partial charge is 0.408 e. The normalized spacial score (nSPS) is 18.8. The molecule has 1 fully saturated rings. The Kier molecular flexibility index (Phi) is 5.64. The number of nitrogens with zero attached hydrogens (tertiary/aromatic N) is 2. The van der Waals surface area contributed by atoms with E-state index in [1.807, 2.05) is 12.1 Å². The molecule has 0 saturated carbocycles. The summed E-state index contributed by atoms with van der Waals surface area (Å²) < 4.78 is 7.84. The standard InChI is InChI=1S/C18H24BrN3O3/c1-12(2)9-20-17(23)13-4-3-7-21(10-13)11-22-15-6-5-14(19)8-16(15)25-18(22)24/h5-6,8,12-13H,3-4,7,9-11H2,1-2H3,(H,20,23)/t13-/m1/s1. The summed E-state index contributed by atoms with van der Waals surface area (Å²) in [5.41, 5.74) is 1.35. The Hall–Kier alpha value is -1.60. The van der Waals surface area contributed by atoms with Gasteiger partial charge in [0.2, 0.25) is 5.91 Å². The van der Waals surface area contributed by atoms with E-state index in [0.717, 1.165) is 29.4 Å². The van der Waals surface area contributed by atoms with E-state index in [4.69, 9.17) is 4.42 Å². The molecule has 0 spiro atoms. The molecular formula is C18H24BrN3O3. The van der Waals surface area contributed by atoms with Gasteiger partial charge in [0.25, 0.3) is 0 Å². The molecule has 1 amide bonds. The number of hydrogen-bond donors (Lipinski definition) is 1. The minimum absolute atomic E-state index is 0.0180. The van der Waals surface area contributed by atoms with Gasteiger partial charge in [0.05, 0.1) is 18.1 Å². The third-order valence-corrected chi connectivity index (χ3v) is 5.03. The van der Waals surface area contributed by atoms with Gasteiger partial charge in [-0.3, -0.25) is 14.3 Å². The maximum absolute atomic E-state index is 12.3. The number of nitrogens with one attached hydrogen (secondary N) is 1. The number of piperidine rings is 1. The Bertz CT molecular complexity index is 811. The van der Waals surface area contributed by atoms with Crippen LogP contribution in [0.4, 0.5) is 0 Å². The van der Waals surface area contributed by atoms with Crippen LogP contribution in [0, 0.1) is 11.8 Å². The number of carbonyl (C=O) groups is 1. The van der Waals surface area contributed by atoms with E-state index in [0.29, 0.717) is 31.3 Å². The molecule has 1 aliphatic heterocycles. The number of halogens is 1. The van der Waals surface area contributed by atoms with Gasteiger partial charge in [-0.2, -0.15) is 0 Å². The van der Waals surface area contributed by atoms with E-state index in [9.17, 15) is 9.59 Å². The third-order valence-electron chi connectivity index (χ3n) is 4.53. The van der Waals surface area contributed by atoms with Crippen LogP contribution in [0.15, 0.2) is 31.9 Å². The predicted molar refractivity (Wildman–Crippen MR) is 100 cm³/mol. The average Bonchev–Trinajstić information content (AvgIpc) is 2.87. The lowest BCUT2D eigenvalue weighted by atomic mass is 9.97. The topological polar surface area (TPSA) is 67.5 Å². The lowest BCUT2D eigenvalue weighted by molar-refractivity contribution is -0.127. The summed E-state index contributed by atoms with van der Waals surface area (Å²) in [7, 11) is 0. The van der Waals surface area contributed by atoms with Crippen LogP contribution in [-0.4, -0.2) is 35.0 Å². The fourth-order valence-corrected chi connectivity index (χ4v) is 3.56. The van der Waals surface area contributed by atoms with Crippen LogP contribution in [0.1, 0.15) is 26.7 Å². The Morgan fingerprint density at radius 3 is 3.00 bits per heavy atom. The lowest BCUT2D eigenvalue weighted by Gasteiger charge is -2.32. The molecule has 0 unspecified atom stereocenters. The van der Waals surface area contributed by atoms with Crippen molar-refractivity contribution in [2.24, 2.45) is 11.8 Å². The summed E-state index contributed by atoms with van der Waals surface area (Å²) in [5, 5.41) is 3.02. The summed E-state index contributed by atoms with van der Waals surface area (Å²) in [4.78, 5) is 26.7. The highest BCUT2D eigenvalue weighted by Gasteiger charge is 2.26. The van der Waals surface area contributed by atoms with E-state index < -0.39 is 0 Å². The second kappa shape index (κ2) is 7.74. The van der Waals surface area contributed by atoms with Crippen molar-refractivity contribution in [2.45, 2.75) is 33.4 Å². The van der Waals surface area contributed by atoms with Crippen molar-refractivity contribution >= 4 is 32.9 Å². The van der Waals surface area contributed by atoms with Gasteiger partial charge in [-0.15, -0.1) is 0 Å². The first-order valence-corrected chi connectivity index (χ1v) is 9.52. The number of amides is 1. The highest BCUT2D eigenvalue weighted by molar-refractivity contribution is 9.10. The van der Waals surface area contributed by atoms with Gasteiger partial charge in [0, 0.05) is 17.6 Å². The van der Waals surface area contributed by atoms with Gasteiger partial charge in [0.15, 0.2) is 5.58 Å². The first-order chi connectivity index (χ1) is 11.9. The number of aromatic nitrogens is 1. The highest BCUT2D eigenvalue weighted by atomic mass is 79.9. The van der Waals surface area contributed by atoms with Gasteiger partial charge in [0.1, 0.15) is 0 Å². The number of rotatable bonds is 5. The number of hydrogen-bond acceptors (Lipinski definition) is 4. The molecule has 1 N–H and O–H groups in total. The zero-order chi connectivity index (χ0) is 18.0. The third kappa shape index (κ3) is 4.33. The zero-order valence-corrected chi connectivity index (χ0v) is 16.2. The predicted octanol–water partition coefficient (Wildman–Crippen LogP) is 2.80. The fraction of sp³-hybridized carbons (Fsp3) is 0.556. The van der Waals surface area contributed by atoms with Crippen molar-refractivity contribution in [3.8, 4) is 0 Å². The molecule has 7 heteroatoms. The Morgan fingerprint density at radius 1 is 1.44 bits per heavy atom. The highest BCUT2D eigenvalue weighted by Crippen LogP contribution is 2.21. The SMILES string of the molecule is CC(C)CNC(=O)[C@@H]1CCCN(Cn2c(=O)oc3cc(Br)ccc32)C1. The molecule has 0 radical (unpaired) electrons. The molecule has 25 heavy (non-hydrogen) atoms. The maximum atomic E-state index is 12.3. The molecule has 6 nitrogen and oxygen atoms in total.